The number of hydrogen-bond donors (Lipinski definition) is 2. The molecule has 110 valence electrons. The summed E-state index contributed by atoms with van der Waals surface area (Å²) in [5.74, 6) is 0.0214. The van der Waals surface area contributed by atoms with E-state index in [1.54, 1.807) is 6.07 Å². The molecule has 1 aromatic rings. The molecule has 0 aliphatic carbocycles. The molecule has 5 nitrogen and oxygen atoms in total. The number of carbonyl (C=O) groups is 1. The Kier molecular flexibility index (Phi) is 4.88. The molecule has 3 rings (SSSR count). The molecule has 2 bridgehead atoms. The van der Waals surface area contributed by atoms with Crippen molar-refractivity contribution in [1.29, 1.82) is 0 Å². The monoisotopic (exact) mass is 361 g/mol. The molecule has 1 amide bonds. The van der Waals surface area contributed by atoms with Gasteiger partial charge in [0.05, 0.1) is 10.0 Å². The number of halogens is 2. The van der Waals surface area contributed by atoms with Crippen LogP contribution in [0.2, 0.25) is 0 Å². The second kappa shape index (κ2) is 6.28. The van der Waals surface area contributed by atoms with Gasteiger partial charge in [-0.05, 0) is 47.8 Å². The third-order valence-corrected chi connectivity index (χ3v) is 4.58. The van der Waals surface area contributed by atoms with Gasteiger partial charge in [0.25, 0.3) is 11.5 Å². The summed E-state index contributed by atoms with van der Waals surface area (Å²) in [6.07, 6.45) is 4.66. The molecule has 2 saturated heterocycles. The van der Waals surface area contributed by atoms with Crippen molar-refractivity contribution in [2.75, 3.05) is 13.1 Å². The molecule has 2 unspecified atom stereocenters. The Bertz CT molecular complexity index is 549. The number of H-pyrrole nitrogens is 1. The number of rotatable bonds is 1. The van der Waals surface area contributed by atoms with E-state index in [0.29, 0.717) is 16.1 Å². The average molecular weight is 363 g/mol. The molecule has 1 aromatic heterocycles. The largest absolute Gasteiger partial charge is 0.331 e. The summed E-state index contributed by atoms with van der Waals surface area (Å²) >= 11 is 3.17. The zero-order chi connectivity index (χ0) is 13.4. The summed E-state index contributed by atoms with van der Waals surface area (Å²) in [5, 5.41) is 3.37. The third kappa shape index (κ3) is 2.77. The average Bonchev–Trinajstić information content (AvgIpc) is 2.65. The molecule has 2 fully saturated rings. The smallest absolute Gasteiger partial charge is 0.262 e. The van der Waals surface area contributed by atoms with Crippen molar-refractivity contribution < 1.29 is 4.79 Å². The van der Waals surface area contributed by atoms with E-state index in [0.717, 1.165) is 32.4 Å². The van der Waals surface area contributed by atoms with Crippen LogP contribution in [0.4, 0.5) is 0 Å². The molecule has 0 radical (unpaired) electrons. The first-order valence-corrected chi connectivity index (χ1v) is 7.38. The highest BCUT2D eigenvalue weighted by molar-refractivity contribution is 9.10. The third-order valence-electron chi connectivity index (χ3n) is 3.99. The first-order chi connectivity index (χ1) is 9.16. The molecule has 7 heteroatoms. The molecule has 2 aliphatic rings. The van der Waals surface area contributed by atoms with E-state index < -0.39 is 0 Å². The van der Waals surface area contributed by atoms with Gasteiger partial charge in [-0.1, -0.05) is 0 Å². The van der Waals surface area contributed by atoms with Gasteiger partial charge in [0, 0.05) is 24.8 Å². The Hall–Kier alpha value is -0.850. The summed E-state index contributed by atoms with van der Waals surface area (Å²) in [7, 11) is 0. The summed E-state index contributed by atoms with van der Waals surface area (Å²) in [6, 6.07) is 2.22. The van der Waals surface area contributed by atoms with Crippen LogP contribution in [-0.2, 0) is 0 Å². The van der Waals surface area contributed by atoms with Gasteiger partial charge in [-0.25, -0.2) is 0 Å². The number of amides is 1. The predicted molar refractivity (Wildman–Crippen MR) is 82.5 cm³/mol. The van der Waals surface area contributed by atoms with Crippen LogP contribution >= 0.6 is 28.3 Å². The Morgan fingerprint density at radius 1 is 1.30 bits per heavy atom. The van der Waals surface area contributed by atoms with Crippen LogP contribution in [0.3, 0.4) is 0 Å². The van der Waals surface area contributed by atoms with Gasteiger partial charge in [-0.2, -0.15) is 0 Å². The Labute approximate surface area is 131 Å². The van der Waals surface area contributed by atoms with E-state index in [9.17, 15) is 9.59 Å². The standard InChI is InChI=1S/C13H16BrN3O2.ClH/c14-11-5-8(6-16-12(11)18)13(19)17-9-1-2-10(17)7-15-4-3-9;/h5-6,9-10,15H,1-4,7H2,(H,16,18);1H. The minimum Gasteiger partial charge on any atom is -0.331 e. The number of aromatic nitrogens is 1. The number of aromatic amines is 1. The molecular weight excluding hydrogens is 346 g/mol. The number of hydrogen-bond acceptors (Lipinski definition) is 3. The lowest BCUT2D eigenvalue weighted by Gasteiger charge is -2.27. The highest BCUT2D eigenvalue weighted by Gasteiger charge is 2.38. The number of carbonyl (C=O) groups excluding carboxylic acids is 1. The Morgan fingerprint density at radius 2 is 2.05 bits per heavy atom. The van der Waals surface area contributed by atoms with Crippen LogP contribution < -0.4 is 10.9 Å². The molecule has 2 atom stereocenters. The SMILES string of the molecule is Cl.O=C(c1c[nH]c(=O)c(Br)c1)N1C2CCNCC1CC2. The van der Waals surface area contributed by atoms with Crippen LogP contribution in [0.15, 0.2) is 21.5 Å². The van der Waals surface area contributed by atoms with Crippen molar-refractivity contribution in [2.45, 2.75) is 31.3 Å². The van der Waals surface area contributed by atoms with Gasteiger partial charge >= 0.3 is 0 Å². The maximum Gasteiger partial charge on any atom is 0.262 e. The molecule has 0 spiro atoms. The van der Waals surface area contributed by atoms with Crippen LogP contribution in [0.25, 0.3) is 0 Å². The van der Waals surface area contributed by atoms with E-state index in [2.05, 4.69) is 26.2 Å². The van der Waals surface area contributed by atoms with E-state index in [4.69, 9.17) is 0 Å². The van der Waals surface area contributed by atoms with Crippen molar-refractivity contribution in [3.05, 3.63) is 32.7 Å². The second-order valence-corrected chi connectivity index (χ2v) is 6.01. The quantitative estimate of drug-likeness (QED) is 0.796. The molecule has 0 aromatic carbocycles. The van der Waals surface area contributed by atoms with E-state index in [-0.39, 0.29) is 29.9 Å². The first-order valence-electron chi connectivity index (χ1n) is 6.58. The summed E-state index contributed by atoms with van der Waals surface area (Å²) in [5.41, 5.74) is 0.335. The van der Waals surface area contributed by atoms with Crippen molar-refractivity contribution in [1.82, 2.24) is 15.2 Å². The highest BCUT2D eigenvalue weighted by Crippen LogP contribution is 2.29. The van der Waals surface area contributed by atoms with Crippen molar-refractivity contribution in [2.24, 2.45) is 0 Å². The summed E-state index contributed by atoms with van der Waals surface area (Å²) in [6.45, 7) is 1.84. The molecule has 3 heterocycles. The lowest BCUT2D eigenvalue weighted by atomic mass is 10.1. The highest BCUT2D eigenvalue weighted by atomic mass is 79.9. The fraction of sp³-hybridized carbons (Fsp3) is 0.538. The maximum atomic E-state index is 12.6. The fourth-order valence-corrected chi connectivity index (χ4v) is 3.40. The molecular formula is C13H17BrClN3O2. The van der Waals surface area contributed by atoms with Gasteiger partial charge in [-0.3, -0.25) is 9.59 Å². The van der Waals surface area contributed by atoms with Crippen LogP contribution in [-0.4, -0.2) is 41.0 Å². The van der Waals surface area contributed by atoms with Gasteiger partial charge in [0.15, 0.2) is 0 Å². The Balaban J connectivity index is 0.00000147. The van der Waals surface area contributed by atoms with Crippen LogP contribution in [0.1, 0.15) is 29.6 Å². The second-order valence-electron chi connectivity index (χ2n) is 5.16. The van der Waals surface area contributed by atoms with E-state index in [1.165, 1.54) is 6.20 Å². The van der Waals surface area contributed by atoms with Gasteiger partial charge in [0.1, 0.15) is 0 Å². The number of nitrogens with zero attached hydrogens (tertiary/aromatic N) is 1. The predicted octanol–water partition coefficient (Wildman–Crippen LogP) is 1.53. The van der Waals surface area contributed by atoms with Gasteiger partial charge in [0.2, 0.25) is 0 Å². The molecule has 20 heavy (non-hydrogen) atoms. The van der Waals surface area contributed by atoms with Crippen LogP contribution in [0, 0.1) is 0 Å². The van der Waals surface area contributed by atoms with Crippen molar-refractivity contribution in [3.63, 3.8) is 0 Å². The zero-order valence-corrected chi connectivity index (χ0v) is 13.3. The molecule has 2 N–H and O–H groups in total. The van der Waals surface area contributed by atoms with E-state index in [1.807, 2.05) is 4.90 Å². The molecule has 0 saturated carbocycles. The van der Waals surface area contributed by atoms with E-state index >= 15 is 0 Å². The van der Waals surface area contributed by atoms with Crippen molar-refractivity contribution >= 4 is 34.2 Å². The fourth-order valence-electron chi connectivity index (χ4n) is 3.04. The number of pyridine rings is 1. The molecule has 2 aliphatic heterocycles. The summed E-state index contributed by atoms with van der Waals surface area (Å²) < 4.78 is 0.402. The lowest BCUT2D eigenvalue weighted by molar-refractivity contribution is 0.0679. The lowest BCUT2D eigenvalue weighted by Crippen LogP contribution is -2.42. The van der Waals surface area contributed by atoms with Gasteiger partial charge in [-0.15, -0.1) is 12.4 Å². The first kappa shape index (κ1) is 15.5. The zero-order valence-electron chi connectivity index (χ0n) is 10.9. The Morgan fingerprint density at radius 3 is 2.80 bits per heavy atom. The summed E-state index contributed by atoms with van der Waals surface area (Å²) in [4.78, 5) is 28.5. The minimum absolute atomic E-state index is 0. The number of fused-ring (bicyclic) bond motifs is 2. The van der Waals surface area contributed by atoms with Crippen molar-refractivity contribution in [3.8, 4) is 0 Å². The normalized spacial score (nSPS) is 24.9. The van der Waals surface area contributed by atoms with Gasteiger partial charge < -0.3 is 15.2 Å². The number of nitrogens with one attached hydrogen (secondary N) is 2. The topological polar surface area (TPSA) is 65.2 Å². The minimum atomic E-state index is -0.211. The maximum absolute atomic E-state index is 12.6. The van der Waals surface area contributed by atoms with Crippen LogP contribution in [0.5, 0.6) is 0 Å².